The number of aromatic nitrogens is 2. The molecule has 2 heterocycles. The normalized spacial score (nSPS) is 10.7. The number of anilines is 1. The Hall–Kier alpha value is -3.93. The molecule has 132 valence electrons. The number of para-hydroxylation sites is 1. The van der Waals surface area contributed by atoms with Crippen LogP contribution in [0.2, 0.25) is 0 Å². The van der Waals surface area contributed by atoms with Crippen molar-refractivity contribution in [2.75, 3.05) is 5.32 Å². The van der Waals surface area contributed by atoms with Crippen molar-refractivity contribution in [2.45, 2.75) is 0 Å². The van der Waals surface area contributed by atoms with Crippen LogP contribution >= 0.6 is 0 Å². The molecular formula is C21H14N3O3-. The lowest BCUT2D eigenvalue weighted by Gasteiger charge is -2.22. The van der Waals surface area contributed by atoms with E-state index in [2.05, 4.69) is 10.3 Å². The number of amides is 1. The van der Waals surface area contributed by atoms with Gasteiger partial charge >= 0.3 is 0 Å². The van der Waals surface area contributed by atoms with Gasteiger partial charge in [0.15, 0.2) is 0 Å². The van der Waals surface area contributed by atoms with Crippen molar-refractivity contribution in [3.8, 4) is 11.6 Å². The summed E-state index contributed by atoms with van der Waals surface area (Å²) in [6, 6.07) is 18.6. The maximum Gasteiger partial charge on any atom is 0.262 e. The Morgan fingerprint density at radius 2 is 1.63 bits per heavy atom. The Balaban J connectivity index is 1.97. The van der Waals surface area contributed by atoms with E-state index in [0.29, 0.717) is 22.1 Å². The van der Waals surface area contributed by atoms with Crippen molar-refractivity contribution in [3.63, 3.8) is 0 Å². The third-order valence-electron chi connectivity index (χ3n) is 4.21. The van der Waals surface area contributed by atoms with Crippen LogP contribution in [0.5, 0.6) is 5.88 Å². The van der Waals surface area contributed by atoms with Gasteiger partial charge in [-0.3, -0.25) is 19.1 Å². The molecule has 0 spiro atoms. The molecule has 2 aromatic heterocycles. The molecule has 27 heavy (non-hydrogen) atoms. The number of rotatable bonds is 3. The van der Waals surface area contributed by atoms with Crippen molar-refractivity contribution < 1.29 is 9.90 Å². The van der Waals surface area contributed by atoms with E-state index in [0.717, 1.165) is 4.57 Å². The van der Waals surface area contributed by atoms with Crippen LogP contribution in [0.3, 0.4) is 0 Å². The van der Waals surface area contributed by atoms with Crippen molar-refractivity contribution in [3.05, 3.63) is 95.0 Å². The molecule has 2 aromatic carbocycles. The van der Waals surface area contributed by atoms with Gasteiger partial charge in [0.2, 0.25) is 0 Å². The highest BCUT2D eigenvalue weighted by Crippen LogP contribution is 2.26. The quantitative estimate of drug-likeness (QED) is 0.611. The first-order chi connectivity index (χ1) is 13.2. The Labute approximate surface area is 154 Å². The number of carbonyl (C=O) groups is 1. The van der Waals surface area contributed by atoms with Gasteiger partial charge in [0.25, 0.3) is 11.5 Å². The zero-order chi connectivity index (χ0) is 18.8. The topological polar surface area (TPSA) is 87.0 Å². The van der Waals surface area contributed by atoms with Crippen molar-refractivity contribution in [1.29, 1.82) is 0 Å². The van der Waals surface area contributed by atoms with Crippen molar-refractivity contribution in [2.24, 2.45) is 0 Å². The van der Waals surface area contributed by atoms with E-state index >= 15 is 0 Å². The minimum Gasteiger partial charge on any atom is -0.859 e. The average molecular weight is 356 g/mol. The largest absolute Gasteiger partial charge is 0.859 e. The summed E-state index contributed by atoms with van der Waals surface area (Å²) >= 11 is 0. The number of fused-ring (bicyclic) bond motifs is 1. The summed E-state index contributed by atoms with van der Waals surface area (Å²) in [6.45, 7) is 0. The summed E-state index contributed by atoms with van der Waals surface area (Å²) < 4.78 is 0.981. The predicted octanol–water partition coefficient (Wildman–Crippen LogP) is 2.71. The summed E-state index contributed by atoms with van der Waals surface area (Å²) in [5, 5.41) is 16.4. The molecule has 0 saturated carbocycles. The SMILES string of the molecule is O=C(Nc1ccccc1)c1c([O-])n(-c2cccnc2)c(=O)c2ccccc12. The average Bonchev–Trinajstić information content (AvgIpc) is 2.70. The molecular weight excluding hydrogens is 342 g/mol. The van der Waals surface area contributed by atoms with E-state index in [1.807, 2.05) is 6.07 Å². The van der Waals surface area contributed by atoms with Crippen molar-refractivity contribution >= 4 is 22.4 Å². The lowest BCUT2D eigenvalue weighted by atomic mass is 10.1. The molecule has 0 saturated heterocycles. The van der Waals surface area contributed by atoms with Crippen LogP contribution in [-0.2, 0) is 0 Å². The number of nitrogens with zero attached hydrogens (tertiary/aromatic N) is 2. The lowest BCUT2D eigenvalue weighted by molar-refractivity contribution is -0.278. The van der Waals surface area contributed by atoms with E-state index in [-0.39, 0.29) is 5.56 Å². The zero-order valence-electron chi connectivity index (χ0n) is 14.1. The molecule has 6 nitrogen and oxygen atoms in total. The second kappa shape index (κ2) is 6.76. The fourth-order valence-electron chi connectivity index (χ4n) is 2.98. The number of hydrogen-bond donors (Lipinski definition) is 1. The van der Waals surface area contributed by atoms with E-state index in [1.165, 1.54) is 6.20 Å². The highest BCUT2D eigenvalue weighted by Gasteiger charge is 2.18. The van der Waals surface area contributed by atoms with Gasteiger partial charge in [-0.15, -0.1) is 0 Å². The van der Waals surface area contributed by atoms with Gasteiger partial charge in [-0.1, -0.05) is 36.4 Å². The Morgan fingerprint density at radius 3 is 2.33 bits per heavy atom. The van der Waals surface area contributed by atoms with Gasteiger partial charge in [0.05, 0.1) is 17.4 Å². The first-order valence-electron chi connectivity index (χ1n) is 8.28. The molecule has 0 bridgehead atoms. The molecule has 1 amide bonds. The number of pyridine rings is 2. The number of nitrogens with one attached hydrogen (secondary N) is 1. The van der Waals surface area contributed by atoms with Gasteiger partial charge in [-0.2, -0.15) is 0 Å². The first-order valence-corrected chi connectivity index (χ1v) is 8.28. The van der Waals surface area contributed by atoms with Crippen LogP contribution < -0.4 is 16.0 Å². The number of hydrogen-bond acceptors (Lipinski definition) is 4. The lowest BCUT2D eigenvalue weighted by Crippen LogP contribution is -2.27. The van der Waals surface area contributed by atoms with Crippen molar-refractivity contribution in [1.82, 2.24) is 9.55 Å². The van der Waals surface area contributed by atoms with Crippen LogP contribution in [0.1, 0.15) is 10.4 Å². The van der Waals surface area contributed by atoms with Gasteiger partial charge < -0.3 is 10.4 Å². The third kappa shape index (κ3) is 2.93. The Morgan fingerprint density at radius 1 is 0.926 bits per heavy atom. The molecule has 0 aliphatic carbocycles. The highest BCUT2D eigenvalue weighted by molar-refractivity contribution is 6.14. The molecule has 1 N–H and O–H groups in total. The van der Waals surface area contributed by atoms with E-state index < -0.39 is 17.3 Å². The molecule has 4 aromatic rings. The summed E-state index contributed by atoms with van der Waals surface area (Å²) in [4.78, 5) is 29.8. The Bertz CT molecular complexity index is 1190. The number of carbonyl (C=O) groups excluding carboxylic acids is 1. The minimum absolute atomic E-state index is 0.0853. The molecule has 0 aliphatic heterocycles. The van der Waals surface area contributed by atoms with Crippen LogP contribution in [-0.4, -0.2) is 15.5 Å². The van der Waals surface area contributed by atoms with E-state index in [9.17, 15) is 14.7 Å². The molecule has 4 rings (SSSR count). The monoisotopic (exact) mass is 356 g/mol. The minimum atomic E-state index is -0.680. The Kier molecular flexibility index (Phi) is 4.14. The smallest absolute Gasteiger partial charge is 0.262 e. The second-order valence-corrected chi connectivity index (χ2v) is 5.90. The van der Waals surface area contributed by atoms with Crippen LogP contribution in [0.25, 0.3) is 16.5 Å². The zero-order valence-corrected chi connectivity index (χ0v) is 14.1. The molecule has 0 aliphatic rings. The molecule has 0 atom stereocenters. The van der Waals surface area contributed by atoms with Gasteiger partial charge in [-0.25, -0.2) is 0 Å². The third-order valence-corrected chi connectivity index (χ3v) is 4.21. The van der Waals surface area contributed by atoms with Gasteiger partial charge in [0, 0.05) is 22.7 Å². The fraction of sp³-hybridized carbons (Fsp3) is 0. The number of benzene rings is 2. The molecule has 0 radical (unpaired) electrons. The summed E-state index contributed by atoms with van der Waals surface area (Å²) in [5.41, 5.74) is 0.301. The fourth-order valence-corrected chi connectivity index (χ4v) is 2.98. The molecule has 0 fully saturated rings. The van der Waals surface area contributed by atoms with Crippen LogP contribution in [0.4, 0.5) is 5.69 Å². The van der Waals surface area contributed by atoms with Gasteiger partial charge in [-0.05, 0) is 36.2 Å². The summed E-state index contributed by atoms with van der Waals surface area (Å²) in [7, 11) is 0. The standard InChI is InChI=1S/C21H15N3O3/c25-19(23-14-7-2-1-3-8-14)18-16-10-4-5-11-17(16)20(26)24(21(18)27)15-9-6-12-22-13-15/h1-13,27H,(H,23,25)/p-1. The first kappa shape index (κ1) is 16.5. The highest BCUT2D eigenvalue weighted by atomic mass is 16.3. The maximum absolute atomic E-state index is 13.1. The van der Waals surface area contributed by atoms with E-state index in [4.69, 9.17) is 0 Å². The van der Waals surface area contributed by atoms with Crippen LogP contribution in [0.15, 0.2) is 83.9 Å². The second-order valence-electron chi connectivity index (χ2n) is 5.90. The predicted molar refractivity (Wildman–Crippen MR) is 101 cm³/mol. The van der Waals surface area contributed by atoms with Crippen LogP contribution in [0, 0.1) is 0 Å². The van der Waals surface area contributed by atoms with Gasteiger partial charge in [0.1, 0.15) is 0 Å². The summed E-state index contributed by atoms with van der Waals surface area (Å²) in [5.74, 6) is -1.25. The molecule has 6 heteroatoms. The summed E-state index contributed by atoms with van der Waals surface area (Å²) in [6.07, 6.45) is 2.96. The maximum atomic E-state index is 13.1. The van der Waals surface area contributed by atoms with E-state index in [1.54, 1.807) is 66.9 Å². The molecule has 0 unspecified atom stereocenters.